The maximum absolute atomic E-state index is 12.8. The van der Waals surface area contributed by atoms with Crippen molar-refractivity contribution in [2.45, 2.75) is 26.3 Å². The number of aromatic nitrogens is 1. The zero-order valence-electron chi connectivity index (χ0n) is 14.9. The van der Waals surface area contributed by atoms with E-state index in [9.17, 15) is 9.59 Å². The predicted molar refractivity (Wildman–Crippen MR) is 100 cm³/mol. The summed E-state index contributed by atoms with van der Waals surface area (Å²) in [6.07, 6.45) is 3.62. The Morgan fingerprint density at radius 1 is 1.12 bits per heavy atom. The summed E-state index contributed by atoms with van der Waals surface area (Å²) in [5, 5.41) is 2.88. The van der Waals surface area contributed by atoms with Gasteiger partial charge in [-0.15, -0.1) is 0 Å². The van der Waals surface area contributed by atoms with Gasteiger partial charge in [0.15, 0.2) is 0 Å². The normalized spacial score (nSPS) is 15.9. The third kappa shape index (κ3) is 3.14. The third-order valence-electron chi connectivity index (χ3n) is 5.04. The van der Waals surface area contributed by atoms with Crippen LogP contribution in [0.5, 0.6) is 0 Å². The number of carbonyl (C=O) groups excluding carboxylic acids is 2. The highest BCUT2D eigenvalue weighted by atomic mass is 16.2. The molecule has 2 aromatic rings. The third-order valence-corrected chi connectivity index (χ3v) is 5.04. The molecule has 1 aromatic heterocycles. The zero-order valence-corrected chi connectivity index (χ0v) is 14.9. The number of hydrogen-bond donors (Lipinski definition) is 1. The van der Waals surface area contributed by atoms with Crippen LogP contribution in [0.3, 0.4) is 0 Å². The van der Waals surface area contributed by atoms with E-state index in [0.29, 0.717) is 18.7 Å². The Morgan fingerprint density at radius 3 is 2.62 bits per heavy atom. The molecule has 0 bridgehead atoms. The van der Waals surface area contributed by atoms with Crippen molar-refractivity contribution >= 4 is 23.3 Å². The van der Waals surface area contributed by atoms with E-state index in [1.54, 1.807) is 6.20 Å². The molecular weight excluding hydrogens is 328 g/mol. The van der Waals surface area contributed by atoms with Crippen molar-refractivity contribution in [3.05, 3.63) is 53.2 Å². The minimum Gasteiger partial charge on any atom is -0.356 e. The maximum Gasteiger partial charge on any atom is 0.255 e. The molecule has 0 spiro atoms. The van der Waals surface area contributed by atoms with E-state index in [0.717, 1.165) is 42.1 Å². The van der Waals surface area contributed by atoms with Crippen molar-refractivity contribution in [1.82, 2.24) is 9.88 Å². The molecule has 6 nitrogen and oxygen atoms in total. The minimum absolute atomic E-state index is 0.00300. The van der Waals surface area contributed by atoms with E-state index in [1.165, 1.54) is 13.3 Å². The van der Waals surface area contributed by atoms with Crippen molar-refractivity contribution in [2.75, 3.05) is 29.9 Å². The van der Waals surface area contributed by atoms with Gasteiger partial charge in [-0.05, 0) is 42.2 Å². The quantitative estimate of drug-likeness (QED) is 0.923. The molecule has 134 valence electrons. The van der Waals surface area contributed by atoms with Gasteiger partial charge in [0, 0.05) is 45.0 Å². The van der Waals surface area contributed by atoms with Crippen molar-refractivity contribution < 1.29 is 9.59 Å². The Labute approximate surface area is 152 Å². The van der Waals surface area contributed by atoms with Crippen molar-refractivity contribution in [3.8, 4) is 0 Å². The lowest BCUT2D eigenvalue weighted by atomic mass is 9.97. The first-order chi connectivity index (χ1) is 12.6. The van der Waals surface area contributed by atoms with Crippen molar-refractivity contribution in [2.24, 2.45) is 0 Å². The summed E-state index contributed by atoms with van der Waals surface area (Å²) in [5.74, 6) is 0.866. The van der Waals surface area contributed by atoms with Crippen LogP contribution in [0.4, 0.5) is 11.5 Å². The van der Waals surface area contributed by atoms with E-state index in [4.69, 9.17) is 0 Å². The fourth-order valence-electron chi connectivity index (χ4n) is 3.52. The van der Waals surface area contributed by atoms with Crippen molar-refractivity contribution in [1.29, 1.82) is 0 Å². The average molecular weight is 350 g/mol. The second-order valence-corrected chi connectivity index (χ2v) is 6.85. The van der Waals surface area contributed by atoms with Gasteiger partial charge in [-0.1, -0.05) is 12.1 Å². The predicted octanol–water partition coefficient (Wildman–Crippen LogP) is 2.45. The summed E-state index contributed by atoms with van der Waals surface area (Å²) in [6, 6.07) is 9.65. The maximum atomic E-state index is 12.8. The highest BCUT2D eigenvalue weighted by Gasteiger charge is 2.24. The van der Waals surface area contributed by atoms with Gasteiger partial charge in [0.25, 0.3) is 5.91 Å². The van der Waals surface area contributed by atoms with E-state index in [2.05, 4.69) is 15.2 Å². The summed E-state index contributed by atoms with van der Waals surface area (Å²) in [7, 11) is 0. The Kier molecular flexibility index (Phi) is 4.32. The number of rotatable bonds is 3. The van der Waals surface area contributed by atoms with Crippen LogP contribution in [0.15, 0.2) is 36.5 Å². The van der Waals surface area contributed by atoms with E-state index >= 15 is 0 Å². The van der Waals surface area contributed by atoms with Gasteiger partial charge in [0.05, 0.1) is 5.56 Å². The second kappa shape index (κ2) is 6.78. The second-order valence-electron chi connectivity index (χ2n) is 6.85. The molecule has 0 unspecified atom stereocenters. The first-order valence-electron chi connectivity index (χ1n) is 9.00. The molecule has 1 fully saturated rings. The molecule has 6 heteroatoms. The number of nitrogens with zero attached hydrogens (tertiary/aromatic N) is 3. The zero-order chi connectivity index (χ0) is 18.1. The smallest absolute Gasteiger partial charge is 0.255 e. The summed E-state index contributed by atoms with van der Waals surface area (Å²) >= 11 is 0. The number of nitrogens with one attached hydrogen (secondary N) is 1. The molecule has 0 aliphatic carbocycles. The minimum atomic E-state index is -0.0785. The highest BCUT2D eigenvalue weighted by Crippen LogP contribution is 2.27. The van der Waals surface area contributed by atoms with Crippen molar-refractivity contribution in [3.63, 3.8) is 0 Å². The highest BCUT2D eigenvalue weighted by molar-refractivity contribution is 5.94. The molecular formula is C20H22N4O2. The van der Waals surface area contributed by atoms with Gasteiger partial charge in [0.1, 0.15) is 5.82 Å². The summed E-state index contributed by atoms with van der Waals surface area (Å²) < 4.78 is 0. The molecule has 0 radical (unpaired) electrons. The van der Waals surface area contributed by atoms with Gasteiger partial charge in [-0.2, -0.15) is 0 Å². The lowest BCUT2D eigenvalue weighted by Crippen LogP contribution is -2.38. The topological polar surface area (TPSA) is 65.5 Å². The molecule has 2 aliphatic rings. The molecule has 1 aromatic carbocycles. The number of carbonyl (C=O) groups is 2. The largest absolute Gasteiger partial charge is 0.356 e. The lowest BCUT2D eigenvalue weighted by molar-refractivity contribution is -0.114. The average Bonchev–Trinajstić information content (AvgIpc) is 2.60. The van der Waals surface area contributed by atoms with E-state index in [1.807, 2.05) is 35.2 Å². The van der Waals surface area contributed by atoms with Crippen LogP contribution in [0.2, 0.25) is 0 Å². The number of anilines is 2. The molecule has 4 rings (SSSR count). The fourth-order valence-corrected chi connectivity index (χ4v) is 3.52. The van der Waals surface area contributed by atoms with Gasteiger partial charge in [0.2, 0.25) is 5.91 Å². The van der Waals surface area contributed by atoms with Gasteiger partial charge < -0.3 is 15.1 Å². The molecule has 26 heavy (non-hydrogen) atoms. The standard InChI is InChI=1S/C20H22N4O2/c1-14(25)22-18-5-2-4-16-13-24(11-8-17(16)18)20(26)15-6-7-19(21-12-15)23-9-3-10-23/h2,4-7,12H,3,8-11,13H2,1H3,(H,22,25). The van der Waals surface area contributed by atoms with Crippen LogP contribution in [0, 0.1) is 0 Å². The number of hydrogen-bond acceptors (Lipinski definition) is 4. The van der Waals surface area contributed by atoms with Crippen LogP contribution < -0.4 is 10.2 Å². The van der Waals surface area contributed by atoms with Gasteiger partial charge in [-0.3, -0.25) is 9.59 Å². The Balaban J connectivity index is 1.49. The Morgan fingerprint density at radius 2 is 1.96 bits per heavy atom. The van der Waals surface area contributed by atoms with Crippen LogP contribution in [-0.4, -0.2) is 41.3 Å². The van der Waals surface area contributed by atoms with E-state index in [-0.39, 0.29) is 11.8 Å². The van der Waals surface area contributed by atoms with Crippen LogP contribution in [0.1, 0.15) is 34.8 Å². The molecule has 0 saturated carbocycles. The van der Waals surface area contributed by atoms with Gasteiger partial charge in [-0.25, -0.2) is 4.98 Å². The van der Waals surface area contributed by atoms with Crippen LogP contribution in [-0.2, 0) is 17.8 Å². The summed E-state index contributed by atoms with van der Waals surface area (Å²) in [6.45, 7) is 4.78. The molecule has 2 aliphatic heterocycles. The molecule has 1 N–H and O–H groups in total. The number of benzene rings is 1. The van der Waals surface area contributed by atoms with Gasteiger partial charge >= 0.3 is 0 Å². The first kappa shape index (κ1) is 16.6. The first-order valence-corrected chi connectivity index (χ1v) is 9.00. The molecule has 2 amide bonds. The SMILES string of the molecule is CC(=O)Nc1cccc2c1CCN(C(=O)c1ccc(N3CCC3)nc1)C2. The number of amides is 2. The van der Waals surface area contributed by atoms with Crippen LogP contribution in [0.25, 0.3) is 0 Å². The fraction of sp³-hybridized carbons (Fsp3) is 0.350. The Hall–Kier alpha value is -2.89. The Bertz CT molecular complexity index is 843. The summed E-state index contributed by atoms with van der Waals surface area (Å²) in [5.41, 5.74) is 3.68. The molecule has 1 saturated heterocycles. The number of fused-ring (bicyclic) bond motifs is 1. The van der Waals surface area contributed by atoms with Crippen LogP contribution >= 0.6 is 0 Å². The monoisotopic (exact) mass is 350 g/mol. The lowest BCUT2D eigenvalue weighted by Gasteiger charge is -2.32. The summed E-state index contributed by atoms with van der Waals surface area (Å²) in [4.78, 5) is 32.7. The molecule has 0 atom stereocenters. The van der Waals surface area contributed by atoms with E-state index < -0.39 is 0 Å². The molecule has 3 heterocycles. The number of pyridine rings is 1.